The Bertz CT molecular complexity index is 1540. The molecule has 5 rings (SSSR count). The van der Waals surface area contributed by atoms with E-state index in [1.165, 1.54) is 34.1 Å². The van der Waals surface area contributed by atoms with Crippen LogP contribution in [0.4, 0.5) is 10.7 Å². The number of hydrogen-bond acceptors (Lipinski definition) is 5. The zero-order valence-corrected chi connectivity index (χ0v) is 22.9. The van der Waals surface area contributed by atoms with Crippen molar-refractivity contribution in [1.29, 1.82) is 5.26 Å². The number of carbonyl (C=O) groups excluding carboxylic acids is 2. The van der Waals surface area contributed by atoms with E-state index >= 15 is 0 Å². The monoisotopic (exact) mass is 549 g/mol. The summed E-state index contributed by atoms with van der Waals surface area (Å²) in [5.74, 6) is -0.411. The van der Waals surface area contributed by atoms with Crippen molar-refractivity contribution in [3.05, 3.63) is 118 Å². The van der Waals surface area contributed by atoms with Crippen LogP contribution in [0.15, 0.2) is 95.9 Å². The van der Waals surface area contributed by atoms with E-state index in [2.05, 4.69) is 16.7 Å². The van der Waals surface area contributed by atoms with Crippen molar-refractivity contribution in [3.63, 3.8) is 0 Å². The van der Waals surface area contributed by atoms with E-state index in [1.54, 1.807) is 6.08 Å². The van der Waals surface area contributed by atoms with E-state index in [1.807, 2.05) is 84.9 Å². The minimum atomic E-state index is -0.541. The standard InChI is InChI=1S/C32H27N3O2S2/c33-21-27-26-16-7-8-17-28(26)39-32(27)35-31(37)30(23-12-5-2-6-13-23)38-25-15-9-14-24(20-25)34-29(36)19-18-22-10-3-1-4-11-22/h1-6,9-15,18-20,30H,7-8,16-17H2,(H,34,36)(H,35,37)/b19-18+. The maximum absolute atomic E-state index is 13.7. The Morgan fingerprint density at radius 3 is 2.44 bits per heavy atom. The molecule has 0 radical (unpaired) electrons. The molecule has 1 unspecified atom stereocenters. The Hall–Kier alpha value is -4.12. The van der Waals surface area contributed by atoms with Gasteiger partial charge in [0.2, 0.25) is 11.8 Å². The van der Waals surface area contributed by atoms with Gasteiger partial charge in [-0.3, -0.25) is 9.59 Å². The van der Waals surface area contributed by atoms with Crippen molar-refractivity contribution < 1.29 is 9.59 Å². The molecule has 1 aliphatic rings. The van der Waals surface area contributed by atoms with Crippen molar-refractivity contribution in [1.82, 2.24) is 0 Å². The summed E-state index contributed by atoms with van der Waals surface area (Å²) in [6.45, 7) is 0. The first-order chi connectivity index (χ1) is 19.1. The molecule has 0 fully saturated rings. The molecule has 0 saturated carbocycles. The van der Waals surface area contributed by atoms with E-state index in [9.17, 15) is 14.9 Å². The number of anilines is 2. The van der Waals surface area contributed by atoms with E-state index in [-0.39, 0.29) is 11.8 Å². The van der Waals surface area contributed by atoms with E-state index in [0.717, 1.165) is 47.3 Å². The minimum absolute atomic E-state index is 0.179. The molecule has 7 heteroatoms. The molecule has 0 aliphatic heterocycles. The quantitative estimate of drug-likeness (QED) is 0.175. The van der Waals surface area contributed by atoms with Gasteiger partial charge in [-0.15, -0.1) is 23.1 Å². The Labute approximate surface area is 236 Å². The van der Waals surface area contributed by atoms with Crippen molar-refractivity contribution in [2.75, 3.05) is 10.6 Å². The van der Waals surface area contributed by atoms with Gasteiger partial charge in [0.15, 0.2) is 0 Å². The molecule has 1 aliphatic carbocycles. The molecular formula is C32H27N3O2S2. The fourth-order valence-electron chi connectivity index (χ4n) is 4.55. The number of fused-ring (bicyclic) bond motifs is 1. The van der Waals surface area contributed by atoms with Crippen LogP contribution in [0.3, 0.4) is 0 Å². The van der Waals surface area contributed by atoms with Gasteiger partial charge in [0.25, 0.3) is 0 Å². The van der Waals surface area contributed by atoms with Gasteiger partial charge in [0.05, 0.1) is 5.56 Å². The number of aryl methyl sites for hydroxylation is 1. The smallest absolute Gasteiger partial charge is 0.248 e. The normalized spacial score (nSPS) is 13.3. The molecule has 3 aromatic carbocycles. The highest BCUT2D eigenvalue weighted by atomic mass is 32.2. The highest BCUT2D eigenvalue weighted by Crippen LogP contribution is 2.41. The molecule has 5 nitrogen and oxygen atoms in total. The van der Waals surface area contributed by atoms with Crippen LogP contribution < -0.4 is 10.6 Å². The summed E-state index contributed by atoms with van der Waals surface area (Å²) in [6, 6.07) is 29.1. The van der Waals surface area contributed by atoms with Gasteiger partial charge < -0.3 is 10.6 Å². The molecule has 0 spiro atoms. The lowest BCUT2D eigenvalue weighted by Gasteiger charge is -2.17. The molecule has 4 aromatic rings. The number of hydrogen-bond donors (Lipinski definition) is 2. The van der Waals surface area contributed by atoms with E-state index < -0.39 is 5.25 Å². The van der Waals surface area contributed by atoms with Gasteiger partial charge in [0, 0.05) is 21.5 Å². The molecule has 1 heterocycles. The molecule has 0 bridgehead atoms. The van der Waals surface area contributed by atoms with Crippen molar-refractivity contribution in [2.24, 2.45) is 0 Å². The second-order valence-electron chi connectivity index (χ2n) is 9.19. The first kappa shape index (κ1) is 26.5. The summed E-state index contributed by atoms with van der Waals surface area (Å²) in [4.78, 5) is 28.2. The summed E-state index contributed by atoms with van der Waals surface area (Å²) in [6.07, 6.45) is 7.30. The molecule has 0 saturated heterocycles. The molecule has 1 atom stereocenters. The van der Waals surface area contributed by atoms with Gasteiger partial charge >= 0.3 is 0 Å². The van der Waals surface area contributed by atoms with Crippen molar-refractivity contribution in [3.8, 4) is 6.07 Å². The van der Waals surface area contributed by atoms with Crippen LogP contribution >= 0.6 is 23.1 Å². The number of thiophene rings is 1. The number of nitriles is 1. The van der Waals surface area contributed by atoms with Gasteiger partial charge in [0.1, 0.15) is 16.3 Å². The fourth-order valence-corrected chi connectivity index (χ4v) is 6.88. The number of rotatable bonds is 8. The number of nitrogens with one attached hydrogen (secondary N) is 2. The van der Waals surface area contributed by atoms with Crippen molar-refractivity contribution in [2.45, 2.75) is 35.8 Å². The van der Waals surface area contributed by atoms with Crippen LogP contribution in [0.5, 0.6) is 0 Å². The lowest BCUT2D eigenvalue weighted by atomic mass is 9.96. The fraction of sp³-hybridized carbons (Fsp3) is 0.156. The first-order valence-corrected chi connectivity index (χ1v) is 14.5. The van der Waals surface area contributed by atoms with Gasteiger partial charge in [-0.1, -0.05) is 66.7 Å². The third-order valence-corrected chi connectivity index (χ3v) is 8.90. The Morgan fingerprint density at radius 1 is 0.923 bits per heavy atom. The number of carbonyl (C=O) groups is 2. The third-order valence-electron chi connectivity index (χ3n) is 6.44. The summed E-state index contributed by atoms with van der Waals surface area (Å²) < 4.78 is 0. The second kappa shape index (κ2) is 12.6. The molecule has 2 amide bonds. The number of thioether (sulfide) groups is 1. The predicted octanol–water partition coefficient (Wildman–Crippen LogP) is 7.62. The highest BCUT2D eigenvalue weighted by Gasteiger charge is 2.26. The summed E-state index contributed by atoms with van der Waals surface area (Å²) in [5.41, 5.74) is 4.15. The maximum Gasteiger partial charge on any atom is 0.248 e. The van der Waals surface area contributed by atoms with Gasteiger partial charge in [-0.05, 0) is 66.6 Å². The maximum atomic E-state index is 13.7. The predicted molar refractivity (Wildman–Crippen MR) is 160 cm³/mol. The van der Waals surface area contributed by atoms with Gasteiger partial charge in [-0.25, -0.2) is 0 Å². The van der Waals surface area contributed by atoms with Crippen LogP contribution in [0.1, 0.15) is 45.2 Å². The second-order valence-corrected chi connectivity index (χ2v) is 11.5. The third kappa shape index (κ3) is 6.66. The summed E-state index contributed by atoms with van der Waals surface area (Å²) in [7, 11) is 0. The lowest BCUT2D eigenvalue weighted by Crippen LogP contribution is -2.19. The van der Waals surface area contributed by atoms with Crippen LogP contribution in [-0.4, -0.2) is 11.8 Å². The largest absolute Gasteiger partial charge is 0.322 e. The first-order valence-electron chi connectivity index (χ1n) is 12.8. The molecule has 194 valence electrons. The lowest BCUT2D eigenvalue weighted by molar-refractivity contribution is -0.116. The van der Waals surface area contributed by atoms with Crippen LogP contribution in [0.25, 0.3) is 6.08 Å². The van der Waals surface area contributed by atoms with E-state index in [0.29, 0.717) is 16.3 Å². The highest BCUT2D eigenvalue weighted by molar-refractivity contribution is 8.00. The van der Waals surface area contributed by atoms with Crippen LogP contribution in [0, 0.1) is 11.3 Å². The zero-order chi connectivity index (χ0) is 27.0. The topological polar surface area (TPSA) is 82.0 Å². The average molecular weight is 550 g/mol. The summed E-state index contributed by atoms with van der Waals surface area (Å²) >= 11 is 2.94. The van der Waals surface area contributed by atoms with Crippen LogP contribution in [-0.2, 0) is 22.4 Å². The molecule has 39 heavy (non-hydrogen) atoms. The number of nitrogens with zero attached hydrogens (tertiary/aromatic N) is 1. The van der Waals surface area contributed by atoms with Gasteiger partial charge in [-0.2, -0.15) is 5.26 Å². The number of amides is 2. The SMILES string of the molecule is N#Cc1c(NC(=O)C(Sc2cccc(NC(=O)/C=C/c3ccccc3)c2)c2ccccc2)sc2c1CCCC2. The zero-order valence-electron chi connectivity index (χ0n) is 21.2. The molecule has 1 aromatic heterocycles. The summed E-state index contributed by atoms with van der Waals surface area (Å²) in [5, 5.41) is 15.9. The van der Waals surface area contributed by atoms with Crippen molar-refractivity contribution >= 4 is 51.7 Å². The Kier molecular flexibility index (Phi) is 8.57. The molecular weight excluding hydrogens is 523 g/mol. The minimum Gasteiger partial charge on any atom is -0.322 e. The molecule has 2 N–H and O–H groups in total. The average Bonchev–Trinajstić information content (AvgIpc) is 3.32. The van der Waals surface area contributed by atoms with E-state index in [4.69, 9.17) is 0 Å². The Morgan fingerprint density at radius 2 is 1.67 bits per heavy atom. The number of benzene rings is 3. The Balaban J connectivity index is 1.34. The van der Waals surface area contributed by atoms with Crippen LogP contribution in [0.2, 0.25) is 0 Å².